The number of halogens is 3. The van der Waals surface area contributed by atoms with E-state index in [0.717, 1.165) is 42.4 Å². The van der Waals surface area contributed by atoms with Crippen LogP contribution < -0.4 is 5.32 Å². The number of carbonyl (C=O) groups excluding carboxylic acids is 2. The van der Waals surface area contributed by atoms with Gasteiger partial charge in [0.25, 0.3) is 0 Å². The predicted octanol–water partition coefficient (Wildman–Crippen LogP) is 7.45. The molecule has 0 aromatic heterocycles. The van der Waals surface area contributed by atoms with Crippen molar-refractivity contribution in [3.05, 3.63) is 105 Å². The second-order valence-corrected chi connectivity index (χ2v) is 11.7. The molecule has 206 valence electrons. The third-order valence-corrected chi connectivity index (χ3v) is 8.69. The summed E-state index contributed by atoms with van der Waals surface area (Å²) in [5, 5.41) is 4.08. The minimum atomic E-state index is -0.692. The molecule has 2 amide bonds. The highest BCUT2D eigenvalue weighted by molar-refractivity contribution is 7.99. The summed E-state index contributed by atoms with van der Waals surface area (Å²) in [5.41, 5.74) is 2.71. The maximum absolute atomic E-state index is 13.8. The number of carbonyl (C=O) groups is 2. The molecule has 0 radical (unpaired) electrons. The summed E-state index contributed by atoms with van der Waals surface area (Å²) in [4.78, 5) is 29.3. The summed E-state index contributed by atoms with van der Waals surface area (Å²) in [5.74, 6) is 0.168. The SMILES string of the molecule is O=C(NC1CCCCC1)[C@H](Cc1ccccc1)N(Cc1ccc(Cl)c(Cl)c1)C(=O)CSCc1ccc(F)cc1. The Morgan fingerprint density at radius 1 is 0.897 bits per heavy atom. The van der Waals surface area contributed by atoms with Crippen LogP contribution in [0.15, 0.2) is 72.8 Å². The molecular formula is C31H33Cl2FN2O2S. The summed E-state index contributed by atoms with van der Waals surface area (Å²) in [6, 6.07) is 20.8. The lowest BCUT2D eigenvalue weighted by atomic mass is 9.94. The summed E-state index contributed by atoms with van der Waals surface area (Å²) >= 11 is 13.9. The Labute approximate surface area is 244 Å². The van der Waals surface area contributed by atoms with E-state index in [1.165, 1.54) is 30.3 Å². The summed E-state index contributed by atoms with van der Waals surface area (Å²) < 4.78 is 13.3. The minimum Gasteiger partial charge on any atom is -0.352 e. The molecular weight excluding hydrogens is 554 g/mol. The van der Waals surface area contributed by atoms with Crippen molar-refractivity contribution < 1.29 is 14.0 Å². The number of rotatable bonds is 11. The maximum Gasteiger partial charge on any atom is 0.243 e. The highest BCUT2D eigenvalue weighted by Gasteiger charge is 2.32. The van der Waals surface area contributed by atoms with Crippen LogP contribution >= 0.6 is 35.0 Å². The number of nitrogens with one attached hydrogen (secondary N) is 1. The maximum atomic E-state index is 13.8. The highest BCUT2D eigenvalue weighted by atomic mass is 35.5. The van der Waals surface area contributed by atoms with Gasteiger partial charge < -0.3 is 10.2 Å². The Bertz CT molecular complexity index is 1240. The first-order chi connectivity index (χ1) is 18.9. The van der Waals surface area contributed by atoms with E-state index in [1.807, 2.05) is 36.4 Å². The number of amides is 2. The molecule has 39 heavy (non-hydrogen) atoms. The van der Waals surface area contributed by atoms with Gasteiger partial charge in [0.05, 0.1) is 15.8 Å². The second-order valence-electron chi connectivity index (χ2n) is 9.94. The van der Waals surface area contributed by atoms with Crippen LogP contribution in [-0.2, 0) is 28.3 Å². The van der Waals surface area contributed by atoms with Gasteiger partial charge in [-0.05, 0) is 53.8 Å². The van der Waals surface area contributed by atoms with Gasteiger partial charge in [-0.1, -0.05) is 91.0 Å². The highest BCUT2D eigenvalue weighted by Crippen LogP contribution is 2.25. The van der Waals surface area contributed by atoms with Crippen LogP contribution in [0.1, 0.15) is 48.8 Å². The molecule has 1 N–H and O–H groups in total. The molecule has 1 aliphatic rings. The Balaban J connectivity index is 1.57. The molecule has 3 aromatic carbocycles. The van der Waals surface area contributed by atoms with E-state index in [-0.39, 0.29) is 36.0 Å². The molecule has 3 aromatic rings. The molecule has 0 spiro atoms. The first kappa shape index (κ1) is 29.4. The molecule has 0 bridgehead atoms. The van der Waals surface area contributed by atoms with E-state index >= 15 is 0 Å². The molecule has 4 nitrogen and oxygen atoms in total. The van der Waals surface area contributed by atoms with Gasteiger partial charge in [-0.2, -0.15) is 0 Å². The fourth-order valence-corrected chi connectivity index (χ4v) is 6.04. The normalized spacial score (nSPS) is 14.5. The zero-order chi connectivity index (χ0) is 27.6. The van der Waals surface area contributed by atoms with Crippen LogP contribution in [-0.4, -0.2) is 34.6 Å². The molecule has 0 heterocycles. The van der Waals surface area contributed by atoms with Crippen LogP contribution in [0.2, 0.25) is 10.0 Å². The van der Waals surface area contributed by atoms with E-state index in [1.54, 1.807) is 29.2 Å². The first-order valence-electron chi connectivity index (χ1n) is 13.3. The number of benzene rings is 3. The molecule has 1 saturated carbocycles. The lowest BCUT2D eigenvalue weighted by molar-refractivity contribution is -0.139. The van der Waals surface area contributed by atoms with E-state index in [2.05, 4.69) is 5.32 Å². The van der Waals surface area contributed by atoms with E-state index in [9.17, 15) is 14.0 Å². The van der Waals surface area contributed by atoms with E-state index in [4.69, 9.17) is 23.2 Å². The van der Waals surface area contributed by atoms with Crippen molar-refractivity contribution in [1.82, 2.24) is 10.2 Å². The lowest BCUT2D eigenvalue weighted by Gasteiger charge is -2.33. The molecule has 1 fully saturated rings. The van der Waals surface area contributed by atoms with Crippen molar-refractivity contribution >= 4 is 46.8 Å². The fourth-order valence-electron chi connectivity index (χ4n) is 4.85. The number of hydrogen-bond acceptors (Lipinski definition) is 3. The molecule has 0 saturated heterocycles. The molecule has 0 aliphatic heterocycles. The first-order valence-corrected chi connectivity index (χ1v) is 15.2. The van der Waals surface area contributed by atoms with Crippen molar-refractivity contribution in [1.29, 1.82) is 0 Å². The standard InChI is InChI=1S/C31H33Cl2FN2O2S/c32-27-16-13-24(17-28(27)33)19-36(30(37)21-39-20-23-11-14-25(34)15-12-23)29(18-22-7-3-1-4-8-22)31(38)35-26-9-5-2-6-10-26/h1,3-4,7-8,11-17,26,29H,2,5-6,9-10,18-21H2,(H,35,38)/t29-/m0/s1. The zero-order valence-electron chi connectivity index (χ0n) is 21.8. The average Bonchev–Trinajstić information content (AvgIpc) is 2.94. The Morgan fingerprint density at radius 2 is 1.59 bits per heavy atom. The largest absolute Gasteiger partial charge is 0.352 e. The molecule has 1 aliphatic carbocycles. The predicted molar refractivity (Wildman–Crippen MR) is 159 cm³/mol. The van der Waals surface area contributed by atoms with Crippen molar-refractivity contribution in [2.75, 3.05) is 5.75 Å². The van der Waals surface area contributed by atoms with Crippen LogP contribution in [0.3, 0.4) is 0 Å². The third-order valence-electron chi connectivity index (χ3n) is 6.97. The van der Waals surface area contributed by atoms with Crippen LogP contribution in [0.5, 0.6) is 0 Å². The van der Waals surface area contributed by atoms with E-state index in [0.29, 0.717) is 22.2 Å². The van der Waals surface area contributed by atoms with Gasteiger partial charge in [0, 0.05) is 24.8 Å². The van der Waals surface area contributed by atoms with Gasteiger partial charge in [-0.3, -0.25) is 9.59 Å². The number of nitrogens with zero attached hydrogens (tertiary/aromatic N) is 1. The second kappa shape index (κ2) is 14.7. The van der Waals surface area contributed by atoms with Crippen LogP contribution in [0, 0.1) is 5.82 Å². The van der Waals surface area contributed by atoms with Crippen molar-refractivity contribution in [3.63, 3.8) is 0 Å². The lowest BCUT2D eigenvalue weighted by Crippen LogP contribution is -2.53. The monoisotopic (exact) mass is 586 g/mol. The zero-order valence-corrected chi connectivity index (χ0v) is 24.1. The summed E-state index contributed by atoms with van der Waals surface area (Å²) in [6.45, 7) is 0.225. The van der Waals surface area contributed by atoms with E-state index < -0.39 is 6.04 Å². The number of hydrogen-bond donors (Lipinski definition) is 1. The van der Waals surface area contributed by atoms with Crippen LogP contribution in [0.25, 0.3) is 0 Å². The average molecular weight is 588 g/mol. The van der Waals surface area contributed by atoms with Gasteiger partial charge in [0.2, 0.25) is 11.8 Å². The molecule has 4 rings (SSSR count). The molecule has 1 atom stereocenters. The Morgan fingerprint density at radius 3 is 2.28 bits per heavy atom. The quantitative estimate of drug-likeness (QED) is 0.254. The van der Waals surface area contributed by atoms with Gasteiger partial charge in [-0.15, -0.1) is 11.8 Å². The third kappa shape index (κ3) is 8.99. The van der Waals surface area contributed by atoms with Crippen LogP contribution in [0.4, 0.5) is 4.39 Å². The van der Waals surface area contributed by atoms with Gasteiger partial charge in [0.15, 0.2) is 0 Å². The topological polar surface area (TPSA) is 49.4 Å². The molecule has 0 unspecified atom stereocenters. The van der Waals surface area contributed by atoms with Gasteiger partial charge in [0.1, 0.15) is 11.9 Å². The Kier molecular flexibility index (Phi) is 11.1. The smallest absolute Gasteiger partial charge is 0.243 e. The van der Waals surface area contributed by atoms with Crippen molar-refractivity contribution in [3.8, 4) is 0 Å². The summed E-state index contributed by atoms with van der Waals surface area (Å²) in [6.07, 6.45) is 5.69. The van der Waals surface area contributed by atoms with Crippen molar-refractivity contribution in [2.24, 2.45) is 0 Å². The van der Waals surface area contributed by atoms with Gasteiger partial charge in [-0.25, -0.2) is 4.39 Å². The van der Waals surface area contributed by atoms with Crippen molar-refractivity contribution in [2.45, 2.75) is 62.9 Å². The fraction of sp³-hybridized carbons (Fsp3) is 0.355. The van der Waals surface area contributed by atoms with Gasteiger partial charge >= 0.3 is 0 Å². The summed E-state index contributed by atoms with van der Waals surface area (Å²) in [7, 11) is 0. The minimum absolute atomic E-state index is 0.124. The Hall–Kier alpha value is -2.54. The molecule has 8 heteroatoms. The number of thioether (sulfide) groups is 1.